The lowest BCUT2D eigenvalue weighted by molar-refractivity contribution is -0.140. The lowest BCUT2D eigenvalue weighted by Gasteiger charge is -2.22. The van der Waals surface area contributed by atoms with Gasteiger partial charge in [-0.3, -0.25) is 4.79 Å². The number of ether oxygens (including phenoxy) is 1. The highest BCUT2D eigenvalue weighted by Crippen LogP contribution is 2.21. The number of hydrogen-bond acceptors (Lipinski definition) is 4. The molecule has 17 heavy (non-hydrogen) atoms. The minimum absolute atomic E-state index is 0.306. The molecule has 0 bridgehead atoms. The van der Waals surface area contributed by atoms with Crippen LogP contribution >= 0.6 is 0 Å². The van der Waals surface area contributed by atoms with Crippen LogP contribution in [0.2, 0.25) is 0 Å². The zero-order valence-electron chi connectivity index (χ0n) is 10.2. The molecule has 0 aliphatic carbocycles. The van der Waals surface area contributed by atoms with Gasteiger partial charge in [-0.05, 0) is 19.3 Å². The fourth-order valence-corrected chi connectivity index (χ4v) is 3.75. The Morgan fingerprint density at radius 3 is 2.41 bits per heavy atom. The van der Waals surface area contributed by atoms with Gasteiger partial charge in [0.1, 0.15) is 11.3 Å². The van der Waals surface area contributed by atoms with Crippen molar-refractivity contribution < 1.29 is 23.1 Å². The molecule has 1 aliphatic heterocycles. The van der Waals surface area contributed by atoms with Gasteiger partial charge in [0, 0.05) is 6.61 Å². The molecule has 0 aromatic rings. The van der Waals surface area contributed by atoms with E-state index in [0.29, 0.717) is 13.0 Å². The second-order valence-electron chi connectivity index (χ2n) is 4.63. The summed E-state index contributed by atoms with van der Waals surface area (Å²) in [6.07, 6.45) is 0.00936. The molecule has 2 unspecified atom stereocenters. The van der Waals surface area contributed by atoms with Crippen LogP contribution in [0.1, 0.15) is 27.2 Å². The van der Waals surface area contributed by atoms with Crippen LogP contribution in [0.15, 0.2) is 0 Å². The van der Waals surface area contributed by atoms with Gasteiger partial charge in [-0.25, -0.2) is 13.1 Å². The van der Waals surface area contributed by atoms with E-state index in [1.165, 1.54) is 0 Å². The standard InChI is InChI=1S/C10H19NO5S/c1-6(2)9(10(12)13)11-17(14,15)8-4-5-16-7(8)3/h6-9,11H,4-5H2,1-3H3,(H,12,13)/t7?,8?,9-/m0/s1. The summed E-state index contributed by atoms with van der Waals surface area (Å²) in [5, 5.41) is 8.29. The van der Waals surface area contributed by atoms with Crippen LogP contribution in [0.3, 0.4) is 0 Å². The lowest BCUT2D eigenvalue weighted by Crippen LogP contribution is -2.49. The van der Waals surface area contributed by atoms with E-state index in [2.05, 4.69) is 4.72 Å². The highest BCUT2D eigenvalue weighted by atomic mass is 32.2. The summed E-state index contributed by atoms with van der Waals surface area (Å²) in [5.74, 6) is -1.46. The molecule has 3 atom stereocenters. The van der Waals surface area contributed by atoms with Crippen molar-refractivity contribution in [3.05, 3.63) is 0 Å². The topological polar surface area (TPSA) is 92.7 Å². The van der Waals surface area contributed by atoms with Gasteiger partial charge in [0.15, 0.2) is 0 Å². The third-order valence-electron chi connectivity index (χ3n) is 2.93. The van der Waals surface area contributed by atoms with Crippen molar-refractivity contribution in [2.45, 2.75) is 44.6 Å². The van der Waals surface area contributed by atoms with Crippen molar-refractivity contribution in [1.82, 2.24) is 4.72 Å². The first-order chi connectivity index (χ1) is 7.75. The first-order valence-corrected chi connectivity index (χ1v) is 7.16. The molecule has 7 heteroatoms. The first kappa shape index (κ1) is 14.4. The second kappa shape index (κ2) is 5.32. The molecule has 0 aromatic carbocycles. The zero-order chi connectivity index (χ0) is 13.2. The Hall–Kier alpha value is -0.660. The van der Waals surface area contributed by atoms with Gasteiger partial charge < -0.3 is 9.84 Å². The van der Waals surface area contributed by atoms with E-state index >= 15 is 0 Å². The Kier molecular flexibility index (Phi) is 4.51. The number of sulfonamides is 1. The van der Waals surface area contributed by atoms with Crippen molar-refractivity contribution in [3.63, 3.8) is 0 Å². The van der Waals surface area contributed by atoms with Crippen LogP contribution in [0.5, 0.6) is 0 Å². The Morgan fingerprint density at radius 1 is 1.47 bits per heavy atom. The molecule has 0 saturated carbocycles. The Bertz CT molecular complexity index is 378. The van der Waals surface area contributed by atoms with Gasteiger partial charge in [0.05, 0.1) is 6.10 Å². The van der Waals surface area contributed by atoms with E-state index in [4.69, 9.17) is 9.84 Å². The van der Waals surface area contributed by atoms with Gasteiger partial charge in [-0.2, -0.15) is 0 Å². The lowest BCUT2D eigenvalue weighted by atomic mass is 10.1. The number of carboxylic acid groups (broad SMARTS) is 1. The van der Waals surface area contributed by atoms with E-state index in [0.717, 1.165) is 0 Å². The predicted molar refractivity (Wildman–Crippen MR) is 62.1 cm³/mol. The third-order valence-corrected chi connectivity index (χ3v) is 4.93. The molecule has 1 heterocycles. The zero-order valence-corrected chi connectivity index (χ0v) is 11.0. The molecular formula is C10H19NO5S. The minimum atomic E-state index is -3.65. The van der Waals surface area contributed by atoms with Crippen molar-refractivity contribution in [2.75, 3.05) is 6.61 Å². The van der Waals surface area contributed by atoms with E-state index in [9.17, 15) is 13.2 Å². The summed E-state index contributed by atoms with van der Waals surface area (Å²) in [5.41, 5.74) is 0. The molecule has 1 fully saturated rings. The SMILES string of the molecule is CC1OCCC1S(=O)(=O)N[C@H](C(=O)O)C(C)C. The molecule has 1 aliphatic rings. The highest BCUT2D eigenvalue weighted by molar-refractivity contribution is 7.90. The van der Waals surface area contributed by atoms with Crippen LogP contribution in [0.4, 0.5) is 0 Å². The molecule has 0 radical (unpaired) electrons. The largest absolute Gasteiger partial charge is 0.480 e. The summed E-state index contributed by atoms with van der Waals surface area (Å²) in [4.78, 5) is 11.0. The maximum absolute atomic E-state index is 12.0. The summed E-state index contributed by atoms with van der Waals surface area (Å²) in [6, 6.07) is -1.09. The Balaban J connectivity index is 2.81. The van der Waals surface area contributed by atoms with Crippen molar-refractivity contribution in [3.8, 4) is 0 Å². The van der Waals surface area contributed by atoms with Gasteiger partial charge in [-0.15, -0.1) is 0 Å². The maximum atomic E-state index is 12.0. The molecule has 1 saturated heterocycles. The van der Waals surface area contributed by atoms with E-state index in [1.54, 1.807) is 20.8 Å². The molecule has 0 amide bonds. The van der Waals surface area contributed by atoms with E-state index in [1.807, 2.05) is 0 Å². The van der Waals surface area contributed by atoms with Crippen molar-refractivity contribution in [1.29, 1.82) is 0 Å². The predicted octanol–water partition coefficient (Wildman–Crippen LogP) is 0.192. The molecule has 6 nitrogen and oxygen atoms in total. The number of hydrogen-bond donors (Lipinski definition) is 2. The van der Waals surface area contributed by atoms with Crippen molar-refractivity contribution >= 4 is 16.0 Å². The molecule has 0 aromatic heterocycles. The maximum Gasteiger partial charge on any atom is 0.321 e. The van der Waals surface area contributed by atoms with Crippen LogP contribution in [0.25, 0.3) is 0 Å². The summed E-state index contributed by atoms with van der Waals surface area (Å²) >= 11 is 0. The number of carbonyl (C=O) groups is 1. The van der Waals surface area contributed by atoms with E-state index in [-0.39, 0.29) is 5.92 Å². The fraction of sp³-hybridized carbons (Fsp3) is 0.900. The monoisotopic (exact) mass is 265 g/mol. The third kappa shape index (κ3) is 3.40. The van der Waals surface area contributed by atoms with Gasteiger partial charge in [-0.1, -0.05) is 13.8 Å². The average molecular weight is 265 g/mol. The quantitative estimate of drug-likeness (QED) is 0.740. The van der Waals surface area contributed by atoms with Crippen LogP contribution in [0, 0.1) is 5.92 Å². The Morgan fingerprint density at radius 2 is 2.06 bits per heavy atom. The fourth-order valence-electron chi connectivity index (χ4n) is 1.86. The summed E-state index contributed by atoms with van der Waals surface area (Å²) in [6.45, 7) is 5.40. The van der Waals surface area contributed by atoms with Gasteiger partial charge >= 0.3 is 5.97 Å². The van der Waals surface area contributed by atoms with E-state index < -0.39 is 33.4 Å². The van der Waals surface area contributed by atoms with Crippen LogP contribution in [-0.2, 0) is 19.6 Å². The van der Waals surface area contributed by atoms with Gasteiger partial charge in [0.25, 0.3) is 0 Å². The minimum Gasteiger partial charge on any atom is -0.480 e. The first-order valence-electron chi connectivity index (χ1n) is 5.61. The van der Waals surface area contributed by atoms with Gasteiger partial charge in [0.2, 0.25) is 10.0 Å². The summed E-state index contributed by atoms with van der Waals surface area (Å²) < 4.78 is 31.5. The number of nitrogens with one attached hydrogen (secondary N) is 1. The molecular weight excluding hydrogens is 246 g/mol. The molecule has 0 spiro atoms. The molecule has 100 valence electrons. The smallest absolute Gasteiger partial charge is 0.321 e. The normalized spacial score (nSPS) is 27.3. The second-order valence-corrected chi connectivity index (χ2v) is 6.56. The van der Waals surface area contributed by atoms with Crippen molar-refractivity contribution in [2.24, 2.45) is 5.92 Å². The average Bonchev–Trinajstić information content (AvgIpc) is 2.60. The highest BCUT2D eigenvalue weighted by Gasteiger charge is 2.38. The molecule has 1 rings (SSSR count). The summed E-state index contributed by atoms with van der Waals surface area (Å²) in [7, 11) is -3.65. The Labute approximate surface area is 101 Å². The number of aliphatic carboxylic acids is 1. The van der Waals surface area contributed by atoms with Crippen LogP contribution < -0.4 is 4.72 Å². The number of carboxylic acids is 1. The van der Waals surface area contributed by atoms with Crippen LogP contribution in [-0.4, -0.2) is 43.5 Å². The molecule has 2 N–H and O–H groups in total. The number of rotatable bonds is 5.